The van der Waals surface area contributed by atoms with Crippen molar-refractivity contribution in [2.45, 2.75) is 26.2 Å². The van der Waals surface area contributed by atoms with E-state index in [-0.39, 0.29) is 18.4 Å². The number of carbonyl (C=O) groups excluding carboxylic acids is 2. The lowest BCUT2D eigenvalue weighted by Crippen LogP contribution is -2.23. The normalized spacial score (nSPS) is 11.4. The molecule has 0 saturated heterocycles. The van der Waals surface area contributed by atoms with Gasteiger partial charge in [0.2, 0.25) is 0 Å². The molecular weight excluding hydrogens is 318 g/mol. The van der Waals surface area contributed by atoms with Crippen molar-refractivity contribution in [3.8, 4) is 5.75 Å². The molecule has 1 unspecified atom stereocenters. The molecule has 0 aliphatic carbocycles. The van der Waals surface area contributed by atoms with Crippen molar-refractivity contribution < 1.29 is 19.1 Å². The summed E-state index contributed by atoms with van der Waals surface area (Å²) in [6, 6.07) is 16.4. The van der Waals surface area contributed by atoms with Crippen LogP contribution in [0.2, 0.25) is 0 Å². The first-order valence-corrected chi connectivity index (χ1v) is 8.38. The fourth-order valence-corrected chi connectivity index (χ4v) is 2.46. The Morgan fingerprint density at radius 3 is 2.28 bits per heavy atom. The monoisotopic (exact) mass is 341 g/mol. The standard InChI is InChI=1S/C20H23NO4/c1-3-18(15-8-6-5-7-9-15)20(23)25-14-19(22)21-16-10-12-17(13-11-16)24-4-2/h5-13,18H,3-4,14H2,1-2H3,(H,21,22). The molecule has 1 amide bonds. The van der Waals surface area contributed by atoms with Gasteiger partial charge in [-0.15, -0.1) is 0 Å². The molecule has 0 aliphatic heterocycles. The van der Waals surface area contributed by atoms with Gasteiger partial charge < -0.3 is 14.8 Å². The van der Waals surface area contributed by atoms with E-state index in [2.05, 4.69) is 5.32 Å². The Morgan fingerprint density at radius 2 is 1.68 bits per heavy atom. The van der Waals surface area contributed by atoms with Crippen LogP contribution in [0.5, 0.6) is 5.75 Å². The Hall–Kier alpha value is -2.82. The van der Waals surface area contributed by atoms with E-state index < -0.39 is 5.97 Å². The van der Waals surface area contributed by atoms with Crippen LogP contribution < -0.4 is 10.1 Å². The third kappa shape index (κ3) is 5.64. The molecule has 2 rings (SSSR count). The van der Waals surface area contributed by atoms with Crippen molar-refractivity contribution in [3.63, 3.8) is 0 Å². The third-order valence-electron chi connectivity index (χ3n) is 3.69. The van der Waals surface area contributed by atoms with Gasteiger partial charge in [0.25, 0.3) is 5.91 Å². The molecule has 0 spiro atoms. The Morgan fingerprint density at radius 1 is 1.00 bits per heavy atom. The molecular formula is C20H23NO4. The number of hydrogen-bond acceptors (Lipinski definition) is 4. The van der Waals surface area contributed by atoms with Crippen LogP contribution in [0.4, 0.5) is 5.69 Å². The Labute approximate surface area is 148 Å². The summed E-state index contributed by atoms with van der Waals surface area (Å²) >= 11 is 0. The molecule has 1 atom stereocenters. The largest absolute Gasteiger partial charge is 0.494 e. The van der Waals surface area contributed by atoms with Crippen molar-refractivity contribution in [1.82, 2.24) is 0 Å². The first-order chi connectivity index (χ1) is 12.1. The summed E-state index contributed by atoms with van der Waals surface area (Å²) in [6.07, 6.45) is 0.614. The molecule has 132 valence electrons. The Bertz CT molecular complexity index is 683. The molecule has 0 saturated carbocycles. The Balaban J connectivity index is 1.85. The second-order valence-electron chi connectivity index (χ2n) is 5.48. The predicted octanol–water partition coefficient (Wildman–Crippen LogP) is 3.76. The highest BCUT2D eigenvalue weighted by atomic mass is 16.5. The summed E-state index contributed by atoms with van der Waals surface area (Å²) in [7, 11) is 0. The van der Waals surface area contributed by atoms with Crippen LogP contribution in [0, 0.1) is 0 Å². The van der Waals surface area contributed by atoms with Crippen molar-refractivity contribution in [1.29, 1.82) is 0 Å². The number of rotatable bonds is 8. The average molecular weight is 341 g/mol. The maximum atomic E-state index is 12.2. The van der Waals surface area contributed by atoms with Crippen molar-refractivity contribution in [2.75, 3.05) is 18.5 Å². The minimum Gasteiger partial charge on any atom is -0.494 e. The number of esters is 1. The van der Waals surface area contributed by atoms with Gasteiger partial charge in [-0.1, -0.05) is 37.3 Å². The molecule has 0 fully saturated rings. The SMILES string of the molecule is CCOc1ccc(NC(=O)COC(=O)C(CC)c2ccccc2)cc1. The molecule has 25 heavy (non-hydrogen) atoms. The number of ether oxygens (including phenoxy) is 2. The van der Waals surface area contributed by atoms with Crippen molar-refractivity contribution in [3.05, 3.63) is 60.2 Å². The van der Waals surface area contributed by atoms with Crippen molar-refractivity contribution in [2.24, 2.45) is 0 Å². The average Bonchev–Trinajstić information content (AvgIpc) is 2.63. The molecule has 2 aromatic rings. The smallest absolute Gasteiger partial charge is 0.313 e. The molecule has 0 aromatic heterocycles. The molecule has 0 aliphatic rings. The fourth-order valence-electron chi connectivity index (χ4n) is 2.46. The molecule has 5 nitrogen and oxygen atoms in total. The lowest BCUT2D eigenvalue weighted by atomic mass is 9.97. The highest BCUT2D eigenvalue weighted by molar-refractivity contribution is 5.93. The molecule has 1 N–H and O–H groups in total. The van der Waals surface area contributed by atoms with Crippen LogP contribution in [-0.4, -0.2) is 25.1 Å². The highest BCUT2D eigenvalue weighted by Crippen LogP contribution is 2.21. The van der Waals surface area contributed by atoms with Gasteiger partial charge in [-0.25, -0.2) is 0 Å². The van der Waals surface area contributed by atoms with Gasteiger partial charge in [-0.05, 0) is 43.2 Å². The highest BCUT2D eigenvalue weighted by Gasteiger charge is 2.20. The first kappa shape index (κ1) is 18.5. The summed E-state index contributed by atoms with van der Waals surface area (Å²) in [6.45, 7) is 4.10. The van der Waals surface area contributed by atoms with E-state index >= 15 is 0 Å². The first-order valence-electron chi connectivity index (χ1n) is 8.38. The minimum atomic E-state index is -0.393. The second-order valence-corrected chi connectivity index (χ2v) is 5.48. The maximum absolute atomic E-state index is 12.2. The fraction of sp³-hybridized carbons (Fsp3) is 0.300. The number of anilines is 1. The van der Waals surface area contributed by atoms with Crippen LogP contribution in [-0.2, 0) is 14.3 Å². The lowest BCUT2D eigenvalue weighted by Gasteiger charge is -2.14. The molecule has 0 heterocycles. The zero-order valence-corrected chi connectivity index (χ0v) is 14.5. The van der Waals surface area contributed by atoms with E-state index in [1.54, 1.807) is 24.3 Å². The van der Waals surface area contributed by atoms with Gasteiger partial charge in [-0.2, -0.15) is 0 Å². The van der Waals surface area contributed by atoms with Crippen molar-refractivity contribution >= 4 is 17.6 Å². The minimum absolute atomic E-state index is 0.310. The van der Waals surface area contributed by atoms with Crippen LogP contribution >= 0.6 is 0 Å². The number of carbonyl (C=O) groups is 2. The third-order valence-corrected chi connectivity index (χ3v) is 3.69. The molecule has 0 radical (unpaired) electrons. The van der Waals surface area contributed by atoms with E-state index in [0.717, 1.165) is 11.3 Å². The van der Waals surface area contributed by atoms with Crippen LogP contribution in [0.1, 0.15) is 31.7 Å². The summed E-state index contributed by atoms with van der Waals surface area (Å²) in [5.41, 5.74) is 1.52. The van der Waals surface area contributed by atoms with Crippen LogP contribution in [0.3, 0.4) is 0 Å². The number of amides is 1. The van der Waals surface area contributed by atoms with Crippen LogP contribution in [0.15, 0.2) is 54.6 Å². The maximum Gasteiger partial charge on any atom is 0.313 e. The lowest BCUT2D eigenvalue weighted by molar-refractivity contribution is -0.149. The predicted molar refractivity (Wildman–Crippen MR) is 96.7 cm³/mol. The van der Waals surface area contributed by atoms with Gasteiger partial charge in [0.1, 0.15) is 5.75 Å². The van der Waals surface area contributed by atoms with E-state index in [1.165, 1.54) is 0 Å². The van der Waals surface area contributed by atoms with Gasteiger partial charge in [0, 0.05) is 5.69 Å². The number of nitrogens with one attached hydrogen (secondary N) is 1. The number of hydrogen-bond donors (Lipinski definition) is 1. The summed E-state index contributed by atoms with van der Waals surface area (Å²) in [5.74, 6) is -0.393. The zero-order valence-electron chi connectivity index (χ0n) is 14.5. The zero-order chi connectivity index (χ0) is 18.1. The molecule has 5 heteroatoms. The van der Waals surface area contributed by atoms with Gasteiger partial charge in [0.15, 0.2) is 6.61 Å². The van der Waals surface area contributed by atoms with Crippen LogP contribution in [0.25, 0.3) is 0 Å². The van der Waals surface area contributed by atoms with Gasteiger partial charge in [-0.3, -0.25) is 9.59 Å². The van der Waals surface area contributed by atoms with E-state index in [9.17, 15) is 9.59 Å². The van der Waals surface area contributed by atoms with E-state index in [4.69, 9.17) is 9.47 Å². The van der Waals surface area contributed by atoms with E-state index in [0.29, 0.717) is 18.7 Å². The quantitative estimate of drug-likeness (QED) is 0.743. The number of benzene rings is 2. The second kappa shape index (κ2) is 9.47. The van der Waals surface area contributed by atoms with Gasteiger partial charge in [0.05, 0.1) is 12.5 Å². The van der Waals surface area contributed by atoms with E-state index in [1.807, 2.05) is 44.2 Å². The van der Waals surface area contributed by atoms with Gasteiger partial charge >= 0.3 is 5.97 Å². The summed E-state index contributed by atoms with van der Waals surface area (Å²) in [4.78, 5) is 24.2. The summed E-state index contributed by atoms with van der Waals surface area (Å²) < 4.78 is 10.5. The molecule has 0 bridgehead atoms. The topological polar surface area (TPSA) is 64.6 Å². The molecule has 2 aromatic carbocycles. The summed E-state index contributed by atoms with van der Waals surface area (Å²) in [5, 5.41) is 2.69. The Kier molecular flexibility index (Phi) is 7.01.